The van der Waals surface area contributed by atoms with E-state index in [1.54, 1.807) is 23.5 Å². The van der Waals surface area contributed by atoms with Crippen molar-refractivity contribution in [3.63, 3.8) is 0 Å². The van der Waals surface area contributed by atoms with Gasteiger partial charge in [0.05, 0.1) is 5.69 Å². The van der Waals surface area contributed by atoms with E-state index in [1.807, 2.05) is 6.07 Å². The molecule has 2 nitrogen and oxygen atoms in total. The molecule has 21 heavy (non-hydrogen) atoms. The van der Waals surface area contributed by atoms with Gasteiger partial charge >= 0.3 is 0 Å². The highest BCUT2D eigenvalue weighted by molar-refractivity contribution is 7.15. The maximum Gasteiger partial charge on any atom is 0.124 e. The van der Waals surface area contributed by atoms with Gasteiger partial charge in [0.25, 0.3) is 0 Å². The van der Waals surface area contributed by atoms with Crippen molar-refractivity contribution in [3.05, 3.63) is 40.7 Å². The first-order chi connectivity index (χ1) is 9.98. The summed E-state index contributed by atoms with van der Waals surface area (Å²) in [5, 5.41) is 4.50. The highest BCUT2D eigenvalue weighted by Crippen LogP contribution is 2.44. The van der Waals surface area contributed by atoms with Crippen LogP contribution in [0.25, 0.3) is 10.6 Å². The lowest BCUT2D eigenvalue weighted by atomic mass is 9.76. The van der Waals surface area contributed by atoms with Crippen molar-refractivity contribution in [3.8, 4) is 10.6 Å². The first kappa shape index (κ1) is 14.7. The molecule has 0 saturated heterocycles. The second kappa shape index (κ2) is 5.50. The minimum absolute atomic E-state index is 0.204. The summed E-state index contributed by atoms with van der Waals surface area (Å²) in [7, 11) is 0. The Kier molecular flexibility index (Phi) is 3.84. The summed E-state index contributed by atoms with van der Waals surface area (Å²) in [5.74, 6) is -0.204. The molecule has 0 radical (unpaired) electrons. The van der Waals surface area contributed by atoms with E-state index < -0.39 is 0 Å². The Labute approximate surface area is 129 Å². The molecule has 0 fully saturated rings. The molecule has 1 aliphatic carbocycles. The lowest BCUT2D eigenvalue weighted by molar-refractivity contribution is 0.260. The third kappa shape index (κ3) is 3.01. The Morgan fingerprint density at radius 1 is 1.43 bits per heavy atom. The average Bonchev–Trinajstić information content (AvgIpc) is 2.81. The van der Waals surface area contributed by atoms with Gasteiger partial charge < -0.3 is 5.32 Å². The topological polar surface area (TPSA) is 24.9 Å². The van der Waals surface area contributed by atoms with Crippen LogP contribution in [0.5, 0.6) is 0 Å². The zero-order chi connectivity index (χ0) is 15.0. The highest BCUT2D eigenvalue weighted by atomic mass is 32.1. The summed E-state index contributed by atoms with van der Waals surface area (Å²) in [6, 6.07) is 7.09. The van der Waals surface area contributed by atoms with Crippen molar-refractivity contribution >= 4 is 11.3 Å². The Bertz CT molecular complexity index is 648. The molecule has 0 bridgehead atoms. The lowest BCUT2D eigenvalue weighted by Gasteiger charge is -2.34. The van der Waals surface area contributed by atoms with E-state index in [1.165, 1.54) is 16.6 Å². The zero-order valence-corrected chi connectivity index (χ0v) is 13.6. The first-order valence-corrected chi connectivity index (χ1v) is 8.29. The molecule has 1 aromatic carbocycles. The van der Waals surface area contributed by atoms with Crippen LogP contribution in [0.1, 0.15) is 43.8 Å². The summed E-state index contributed by atoms with van der Waals surface area (Å²) in [5.41, 5.74) is 2.32. The molecular formula is C17H21FN2S. The number of thiazole rings is 1. The Balaban J connectivity index is 2.01. The van der Waals surface area contributed by atoms with Crippen LogP contribution in [0.15, 0.2) is 24.3 Å². The fraction of sp³-hybridized carbons (Fsp3) is 0.471. The Morgan fingerprint density at radius 3 is 2.95 bits per heavy atom. The van der Waals surface area contributed by atoms with Crippen molar-refractivity contribution in [2.24, 2.45) is 5.41 Å². The maximum absolute atomic E-state index is 13.4. The minimum atomic E-state index is -0.204. The van der Waals surface area contributed by atoms with E-state index >= 15 is 0 Å². The molecule has 1 aromatic heterocycles. The molecule has 1 unspecified atom stereocenters. The van der Waals surface area contributed by atoms with Crippen LogP contribution in [0.3, 0.4) is 0 Å². The highest BCUT2D eigenvalue weighted by Gasteiger charge is 2.34. The summed E-state index contributed by atoms with van der Waals surface area (Å²) in [6.45, 7) is 7.67. The van der Waals surface area contributed by atoms with Gasteiger partial charge in [0, 0.05) is 16.5 Å². The fourth-order valence-electron chi connectivity index (χ4n) is 3.09. The number of hydrogen-bond acceptors (Lipinski definition) is 3. The Morgan fingerprint density at radius 2 is 2.24 bits per heavy atom. The largest absolute Gasteiger partial charge is 0.309 e. The van der Waals surface area contributed by atoms with Crippen LogP contribution in [-0.4, -0.2) is 11.5 Å². The van der Waals surface area contributed by atoms with E-state index in [4.69, 9.17) is 4.98 Å². The minimum Gasteiger partial charge on any atom is -0.309 e. The predicted molar refractivity (Wildman–Crippen MR) is 86.0 cm³/mol. The van der Waals surface area contributed by atoms with Gasteiger partial charge in [-0.2, -0.15) is 0 Å². The van der Waals surface area contributed by atoms with Crippen molar-refractivity contribution in [1.29, 1.82) is 0 Å². The molecule has 2 aromatic rings. The standard InChI is InChI=1S/C17H21FN2S/c1-4-19-13-9-17(2,3)10-14-15(13)21-16(20-14)11-6-5-7-12(18)8-11/h5-8,13,19H,4,9-10H2,1-3H3. The molecule has 4 heteroatoms. The van der Waals surface area contributed by atoms with E-state index in [0.717, 1.165) is 30.0 Å². The van der Waals surface area contributed by atoms with Crippen molar-refractivity contribution in [2.75, 3.05) is 6.54 Å². The third-order valence-corrected chi connectivity index (χ3v) is 5.23. The second-order valence-corrected chi connectivity index (χ2v) is 7.53. The van der Waals surface area contributed by atoms with Crippen LogP contribution < -0.4 is 5.32 Å². The number of aromatic nitrogens is 1. The fourth-order valence-corrected chi connectivity index (χ4v) is 4.24. The molecule has 1 atom stereocenters. The van der Waals surface area contributed by atoms with E-state index in [0.29, 0.717) is 6.04 Å². The van der Waals surface area contributed by atoms with Gasteiger partial charge in [-0.3, -0.25) is 0 Å². The SMILES string of the molecule is CCNC1CC(C)(C)Cc2nc(-c3cccc(F)c3)sc21. The van der Waals surface area contributed by atoms with Crippen molar-refractivity contribution < 1.29 is 4.39 Å². The van der Waals surface area contributed by atoms with Crippen LogP contribution in [0.4, 0.5) is 4.39 Å². The van der Waals surface area contributed by atoms with E-state index in [2.05, 4.69) is 26.1 Å². The smallest absolute Gasteiger partial charge is 0.124 e. The maximum atomic E-state index is 13.4. The summed E-state index contributed by atoms with van der Waals surface area (Å²) >= 11 is 1.71. The monoisotopic (exact) mass is 304 g/mol. The molecule has 3 rings (SSSR count). The van der Waals surface area contributed by atoms with Gasteiger partial charge in [-0.05, 0) is 36.9 Å². The lowest BCUT2D eigenvalue weighted by Crippen LogP contribution is -2.32. The number of rotatable bonds is 3. The van der Waals surface area contributed by atoms with Crippen LogP contribution in [0.2, 0.25) is 0 Å². The van der Waals surface area contributed by atoms with Gasteiger partial charge in [-0.1, -0.05) is 32.9 Å². The van der Waals surface area contributed by atoms with Gasteiger partial charge in [0.15, 0.2) is 0 Å². The van der Waals surface area contributed by atoms with Gasteiger partial charge in [-0.25, -0.2) is 9.37 Å². The van der Waals surface area contributed by atoms with E-state index in [9.17, 15) is 4.39 Å². The van der Waals surface area contributed by atoms with Gasteiger partial charge in [-0.15, -0.1) is 11.3 Å². The number of benzene rings is 1. The molecule has 0 aliphatic heterocycles. The second-order valence-electron chi connectivity index (χ2n) is 6.50. The van der Waals surface area contributed by atoms with Crippen molar-refractivity contribution in [2.45, 2.75) is 39.7 Å². The van der Waals surface area contributed by atoms with Crippen molar-refractivity contribution in [1.82, 2.24) is 10.3 Å². The summed E-state index contributed by atoms with van der Waals surface area (Å²) < 4.78 is 13.4. The first-order valence-electron chi connectivity index (χ1n) is 7.47. The molecular weight excluding hydrogens is 283 g/mol. The number of fused-ring (bicyclic) bond motifs is 1. The number of nitrogens with zero attached hydrogens (tertiary/aromatic N) is 1. The normalized spacial score (nSPS) is 20.3. The average molecular weight is 304 g/mol. The molecule has 1 N–H and O–H groups in total. The summed E-state index contributed by atoms with van der Waals surface area (Å²) in [6.07, 6.45) is 2.12. The molecule has 112 valence electrons. The molecule has 0 spiro atoms. The quantitative estimate of drug-likeness (QED) is 0.898. The van der Waals surface area contributed by atoms with Crippen LogP contribution in [0, 0.1) is 11.2 Å². The third-order valence-electron chi connectivity index (χ3n) is 3.97. The van der Waals surface area contributed by atoms with Gasteiger partial charge in [0.1, 0.15) is 10.8 Å². The molecule has 1 aliphatic rings. The number of halogens is 1. The van der Waals surface area contributed by atoms with Crippen LogP contribution in [-0.2, 0) is 6.42 Å². The molecule has 1 heterocycles. The molecule has 0 amide bonds. The zero-order valence-electron chi connectivity index (χ0n) is 12.7. The molecule has 0 saturated carbocycles. The van der Waals surface area contributed by atoms with E-state index in [-0.39, 0.29) is 11.2 Å². The number of nitrogens with one attached hydrogen (secondary N) is 1. The summed E-state index contributed by atoms with van der Waals surface area (Å²) in [4.78, 5) is 6.13. The Hall–Kier alpha value is -1.26. The number of hydrogen-bond donors (Lipinski definition) is 1. The van der Waals surface area contributed by atoms with Crippen LogP contribution >= 0.6 is 11.3 Å². The van der Waals surface area contributed by atoms with Gasteiger partial charge in [0.2, 0.25) is 0 Å². The predicted octanol–water partition coefficient (Wildman–Crippen LogP) is 4.57.